The van der Waals surface area contributed by atoms with Crippen molar-refractivity contribution in [2.24, 2.45) is 0 Å². The Morgan fingerprint density at radius 1 is 1.08 bits per heavy atom. The maximum Gasteiger partial charge on any atom is 0.337 e. The predicted octanol–water partition coefficient (Wildman–Crippen LogP) is 2.69. The molecule has 0 aliphatic carbocycles. The lowest BCUT2D eigenvalue weighted by molar-refractivity contribution is -0.385. The van der Waals surface area contributed by atoms with Crippen LogP contribution in [-0.4, -0.2) is 24.3 Å². The highest BCUT2D eigenvalue weighted by atomic mass is 16.7. The molecular formula is C18H12N2O6. The lowest BCUT2D eigenvalue weighted by Gasteiger charge is -2.27. The summed E-state index contributed by atoms with van der Waals surface area (Å²) in [5.74, 6) is 0.0442. The van der Waals surface area contributed by atoms with Crippen LogP contribution in [0.2, 0.25) is 0 Å². The first-order valence-corrected chi connectivity index (χ1v) is 7.97. The summed E-state index contributed by atoms with van der Waals surface area (Å²) in [7, 11) is 0. The van der Waals surface area contributed by atoms with Gasteiger partial charge in [-0.1, -0.05) is 18.2 Å². The van der Waals surface area contributed by atoms with Gasteiger partial charge in [-0.25, -0.2) is 4.79 Å². The monoisotopic (exact) mass is 352 g/mol. The van der Waals surface area contributed by atoms with Crippen LogP contribution in [0.4, 0.5) is 11.4 Å². The molecule has 0 aromatic heterocycles. The molecule has 0 spiro atoms. The van der Waals surface area contributed by atoms with Gasteiger partial charge in [0.15, 0.2) is 11.5 Å². The number of nitrogens with one attached hydrogen (secondary N) is 1. The van der Waals surface area contributed by atoms with Gasteiger partial charge in [-0.2, -0.15) is 0 Å². The first kappa shape index (κ1) is 14.8. The Kier molecular flexibility index (Phi) is 2.96. The Morgan fingerprint density at radius 3 is 2.65 bits per heavy atom. The van der Waals surface area contributed by atoms with Crippen molar-refractivity contribution in [3.63, 3.8) is 0 Å². The third-order valence-electron chi connectivity index (χ3n) is 4.77. The average Bonchev–Trinajstić information content (AvgIpc) is 3.24. The number of carbonyl (C=O) groups is 1. The number of hydrogen-bond donors (Lipinski definition) is 1. The van der Waals surface area contributed by atoms with Crippen LogP contribution in [0, 0.1) is 10.1 Å². The van der Waals surface area contributed by atoms with Crippen LogP contribution in [0.15, 0.2) is 47.7 Å². The molecule has 3 heterocycles. The largest absolute Gasteiger partial charge is 0.456 e. The second-order valence-electron chi connectivity index (χ2n) is 6.14. The maximum atomic E-state index is 12.4. The summed E-state index contributed by atoms with van der Waals surface area (Å²) < 4.78 is 16.0. The molecule has 0 fully saturated rings. The first-order valence-electron chi connectivity index (χ1n) is 7.97. The standard InChI is InChI=1S/C18H12N2O6/c21-18-17-12(7-24-18)19-11-6-15-14(25-8-26-15)5-10(11)16(17)9-3-1-2-4-13(9)20(22)23/h1-6,16,19H,7-8H2/t16-/m1/s1. The predicted molar refractivity (Wildman–Crippen MR) is 89.1 cm³/mol. The van der Waals surface area contributed by atoms with Crippen LogP contribution >= 0.6 is 0 Å². The summed E-state index contributed by atoms with van der Waals surface area (Å²) in [6.45, 7) is 0.225. The number of rotatable bonds is 2. The molecule has 2 aromatic rings. The molecule has 0 saturated heterocycles. The van der Waals surface area contributed by atoms with Crippen molar-refractivity contribution in [2.45, 2.75) is 5.92 Å². The van der Waals surface area contributed by atoms with Crippen molar-refractivity contribution in [2.75, 3.05) is 18.7 Å². The van der Waals surface area contributed by atoms with Crippen LogP contribution in [0.1, 0.15) is 17.0 Å². The lowest BCUT2D eigenvalue weighted by atomic mass is 9.80. The van der Waals surface area contributed by atoms with E-state index < -0.39 is 16.8 Å². The minimum atomic E-state index is -0.618. The lowest BCUT2D eigenvalue weighted by Crippen LogP contribution is -2.20. The highest BCUT2D eigenvalue weighted by Gasteiger charge is 2.41. The quantitative estimate of drug-likeness (QED) is 0.504. The van der Waals surface area contributed by atoms with Crippen LogP contribution in [0.25, 0.3) is 0 Å². The fourth-order valence-corrected chi connectivity index (χ4v) is 3.66. The molecular weight excluding hydrogens is 340 g/mol. The number of carbonyl (C=O) groups excluding carboxylic acids is 1. The summed E-state index contributed by atoms with van der Waals surface area (Å²) in [5.41, 5.74) is 2.82. The number of benzene rings is 2. The number of esters is 1. The van der Waals surface area contributed by atoms with E-state index in [1.54, 1.807) is 30.3 Å². The molecule has 130 valence electrons. The van der Waals surface area contributed by atoms with Gasteiger partial charge in [-0.3, -0.25) is 10.1 Å². The highest BCUT2D eigenvalue weighted by Crippen LogP contribution is 2.50. The number of nitro benzene ring substituents is 1. The molecule has 0 amide bonds. The first-order chi connectivity index (χ1) is 12.6. The van der Waals surface area contributed by atoms with Gasteiger partial charge in [0.2, 0.25) is 6.79 Å². The highest BCUT2D eigenvalue weighted by molar-refractivity contribution is 5.97. The van der Waals surface area contributed by atoms with E-state index in [-0.39, 0.29) is 19.1 Å². The van der Waals surface area contributed by atoms with Crippen LogP contribution < -0.4 is 14.8 Å². The number of fused-ring (bicyclic) bond motifs is 2. The SMILES string of the molecule is O=C1OCC2=C1[C@H](c1ccccc1[N+](=O)[O-])c1cc3c(cc1N2)OCO3. The fourth-order valence-electron chi connectivity index (χ4n) is 3.66. The fraction of sp³-hybridized carbons (Fsp3) is 0.167. The van der Waals surface area contributed by atoms with Gasteiger partial charge in [0, 0.05) is 23.4 Å². The van der Waals surface area contributed by atoms with E-state index in [4.69, 9.17) is 14.2 Å². The van der Waals surface area contributed by atoms with Crippen molar-refractivity contribution in [3.8, 4) is 11.5 Å². The molecule has 3 aliphatic rings. The summed E-state index contributed by atoms with van der Waals surface area (Å²) in [5, 5.41) is 14.7. The molecule has 3 aliphatic heterocycles. The van der Waals surface area contributed by atoms with Gasteiger partial charge < -0.3 is 19.5 Å². The molecule has 0 bridgehead atoms. The normalized spacial score (nSPS) is 19.5. The second-order valence-corrected chi connectivity index (χ2v) is 6.14. The molecule has 2 aromatic carbocycles. The van der Waals surface area contributed by atoms with Crippen molar-refractivity contribution >= 4 is 17.3 Å². The zero-order valence-electron chi connectivity index (χ0n) is 13.4. The van der Waals surface area contributed by atoms with E-state index in [9.17, 15) is 14.9 Å². The molecule has 1 N–H and O–H groups in total. The third kappa shape index (κ3) is 1.98. The summed E-state index contributed by atoms with van der Waals surface area (Å²) >= 11 is 0. The Labute approximate surface area is 147 Å². The minimum Gasteiger partial charge on any atom is -0.456 e. The Bertz CT molecular complexity index is 1010. The van der Waals surface area contributed by atoms with E-state index in [1.165, 1.54) is 6.07 Å². The van der Waals surface area contributed by atoms with Gasteiger partial charge in [-0.15, -0.1) is 0 Å². The van der Waals surface area contributed by atoms with E-state index in [0.717, 1.165) is 5.69 Å². The number of para-hydroxylation sites is 1. The zero-order chi connectivity index (χ0) is 17.8. The Hall–Kier alpha value is -3.55. The van der Waals surface area contributed by atoms with Crippen molar-refractivity contribution in [1.82, 2.24) is 0 Å². The van der Waals surface area contributed by atoms with Crippen molar-refractivity contribution < 1.29 is 23.9 Å². The number of anilines is 1. The van der Waals surface area contributed by atoms with Gasteiger partial charge in [0.25, 0.3) is 5.69 Å². The average molecular weight is 352 g/mol. The van der Waals surface area contributed by atoms with E-state index in [0.29, 0.717) is 33.9 Å². The van der Waals surface area contributed by atoms with E-state index in [1.807, 2.05) is 0 Å². The number of ether oxygens (including phenoxy) is 3. The van der Waals surface area contributed by atoms with Gasteiger partial charge in [-0.05, 0) is 11.6 Å². The van der Waals surface area contributed by atoms with Crippen LogP contribution in [0.3, 0.4) is 0 Å². The zero-order valence-corrected chi connectivity index (χ0v) is 13.4. The van der Waals surface area contributed by atoms with Gasteiger partial charge >= 0.3 is 5.97 Å². The molecule has 8 nitrogen and oxygen atoms in total. The Balaban J connectivity index is 1.77. The third-order valence-corrected chi connectivity index (χ3v) is 4.77. The molecule has 0 saturated carbocycles. The van der Waals surface area contributed by atoms with Gasteiger partial charge in [0.1, 0.15) is 6.61 Å². The smallest absolute Gasteiger partial charge is 0.337 e. The molecule has 1 atom stereocenters. The van der Waals surface area contributed by atoms with E-state index in [2.05, 4.69) is 5.32 Å². The number of hydrogen-bond acceptors (Lipinski definition) is 7. The summed E-state index contributed by atoms with van der Waals surface area (Å²) in [6.07, 6.45) is 0. The maximum absolute atomic E-state index is 12.4. The number of cyclic esters (lactones) is 1. The topological polar surface area (TPSA) is 99.9 Å². The van der Waals surface area contributed by atoms with Crippen LogP contribution in [0.5, 0.6) is 11.5 Å². The summed E-state index contributed by atoms with van der Waals surface area (Å²) in [4.78, 5) is 23.5. The van der Waals surface area contributed by atoms with Crippen molar-refractivity contribution in [1.29, 1.82) is 0 Å². The van der Waals surface area contributed by atoms with Crippen molar-refractivity contribution in [3.05, 3.63) is 68.9 Å². The molecule has 5 rings (SSSR count). The number of nitrogens with zero attached hydrogens (tertiary/aromatic N) is 1. The van der Waals surface area contributed by atoms with E-state index >= 15 is 0 Å². The molecule has 26 heavy (non-hydrogen) atoms. The molecule has 0 unspecified atom stereocenters. The van der Waals surface area contributed by atoms with Gasteiger partial charge in [0.05, 0.1) is 22.1 Å². The molecule has 0 radical (unpaired) electrons. The minimum absolute atomic E-state index is 0.0467. The van der Waals surface area contributed by atoms with Crippen LogP contribution in [-0.2, 0) is 9.53 Å². The summed E-state index contributed by atoms with van der Waals surface area (Å²) in [6, 6.07) is 9.97. The molecule has 8 heteroatoms. The Morgan fingerprint density at radius 2 is 1.85 bits per heavy atom. The second kappa shape index (κ2) is 5.22. The number of nitro groups is 1.